The Kier molecular flexibility index (Phi) is 3.85. The largest absolute Gasteiger partial charge is 0.378 e. The predicted octanol–water partition coefficient (Wildman–Crippen LogP) is 2.88. The molecular weight excluding hydrogens is 285 g/mol. The minimum Gasteiger partial charge on any atom is -0.378 e. The summed E-state index contributed by atoms with van der Waals surface area (Å²) in [7, 11) is 0. The van der Waals surface area contributed by atoms with E-state index in [0.29, 0.717) is 6.54 Å². The summed E-state index contributed by atoms with van der Waals surface area (Å²) >= 11 is 3.46. The van der Waals surface area contributed by atoms with Crippen LogP contribution >= 0.6 is 15.9 Å². The topological polar surface area (TPSA) is 35.2 Å². The Hall–Kier alpha value is -0.450. The minimum atomic E-state index is -0.207. The van der Waals surface area contributed by atoms with Crippen LogP contribution in [0.4, 0.5) is 4.39 Å². The van der Waals surface area contributed by atoms with Gasteiger partial charge in [-0.2, -0.15) is 0 Å². The van der Waals surface area contributed by atoms with Gasteiger partial charge in [0, 0.05) is 23.0 Å². The molecule has 1 saturated heterocycles. The molecule has 2 nitrogen and oxygen atoms in total. The van der Waals surface area contributed by atoms with Gasteiger partial charge in [0.25, 0.3) is 0 Å². The summed E-state index contributed by atoms with van der Waals surface area (Å²) in [5, 5.41) is 0. The minimum absolute atomic E-state index is 0.0592. The third-order valence-corrected chi connectivity index (χ3v) is 4.56. The average molecular weight is 302 g/mol. The van der Waals surface area contributed by atoms with Gasteiger partial charge < -0.3 is 10.5 Å². The smallest absolute Gasteiger partial charge is 0.123 e. The summed E-state index contributed by atoms with van der Waals surface area (Å²) in [6, 6.07) is 4.78. The fourth-order valence-corrected chi connectivity index (χ4v) is 2.84. The molecule has 17 heavy (non-hydrogen) atoms. The van der Waals surface area contributed by atoms with Crippen molar-refractivity contribution in [1.82, 2.24) is 0 Å². The van der Waals surface area contributed by atoms with E-state index in [1.807, 2.05) is 6.92 Å². The van der Waals surface area contributed by atoms with Crippen LogP contribution in [0.5, 0.6) is 0 Å². The van der Waals surface area contributed by atoms with Crippen LogP contribution in [0.3, 0.4) is 0 Å². The molecule has 2 atom stereocenters. The van der Waals surface area contributed by atoms with Crippen molar-refractivity contribution >= 4 is 15.9 Å². The molecular formula is C13H17BrFNO. The van der Waals surface area contributed by atoms with Crippen LogP contribution in [0.1, 0.15) is 18.9 Å². The second-order valence-corrected chi connectivity index (χ2v) is 5.60. The van der Waals surface area contributed by atoms with E-state index in [1.54, 1.807) is 12.1 Å². The van der Waals surface area contributed by atoms with E-state index >= 15 is 0 Å². The number of benzene rings is 1. The zero-order valence-corrected chi connectivity index (χ0v) is 11.5. The van der Waals surface area contributed by atoms with Crippen LogP contribution in [0.2, 0.25) is 0 Å². The maximum absolute atomic E-state index is 13.3. The summed E-state index contributed by atoms with van der Waals surface area (Å²) in [4.78, 5) is 0. The molecule has 94 valence electrons. The molecule has 0 bridgehead atoms. The van der Waals surface area contributed by atoms with E-state index in [1.165, 1.54) is 6.07 Å². The van der Waals surface area contributed by atoms with Crippen LogP contribution in [0.25, 0.3) is 0 Å². The number of halogens is 2. The van der Waals surface area contributed by atoms with Gasteiger partial charge in [0.1, 0.15) is 5.82 Å². The van der Waals surface area contributed by atoms with Crippen LogP contribution in [0.15, 0.2) is 22.7 Å². The molecule has 0 amide bonds. The highest BCUT2D eigenvalue weighted by Gasteiger charge is 2.40. The Morgan fingerprint density at radius 2 is 2.35 bits per heavy atom. The van der Waals surface area contributed by atoms with Gasteiger partial charge in [-0.3, -0.25) is 0 Å². The number of hydrogen-bond donors (Lipinski definition) is 1. The maximum atomic E-state index is 13.3. The Balaban J connectivity index is 2.27. The van der Waals surface area contributed by atoms with E-state index in [0.717, 1.165) is 29.5 Å². The molecule has 2 rings (SSSR count). The van der Waals surface area contributed by atoms with Gasteiger partial charge in [-0.1, -0.05) is 15.9 Å². The number of hydrogen-bond acceptors (Lipinski definition) is 2. The van der Waals surface area contributed by atoms with Gasteiger partial charge in [0.2, 0.25) is 0 Å². The van der Waals surface area contributed by atoms with Crippen LogP contribution in [-0.4, -0.2) is 19.3 Å². The van der Waals surface area contributed by atoms with Crippen molar-refractivity contribution in [1.29, 1.82) is 0 Å². The first-order valence-electron chi connectivity index (χ1n) is 5.83. The van der Waals surface area contributed by atoms with Crippen molar-refractivity contribution in [2.45, 2.75) is 25.9 Å². The summed E-state index contributed by atoms with van der Waals surface area (Å²) in [6.07, 6.45) is 1.82. The molecule has 0 aromatic heterocycles. The summed E-state index contributed by atoms with van der Waals surface area (Å²) in [6.45, 7) is 3.36. The van der Waals surface area contributed by atoms with E-state index in [4.69, 9.17) is 10.5 Å². The van der Waals surface area contributed by atoms with E-state index in [9.17, 15) is 4.39 Å². The van der Waals surface area contributed by atoms with E-state index < -0.39 is 0 Å². The highest BCUT2D eigenvalue weighted by atomic mass is 79.9. The molecule has 1 aromatic rings. The van der Waals surface area contributed by atoms with Crippen molar-refractivity contribution in [3.63, 3.8) is 0 Å². The molecule has 1 fully saturated rings. The van der Waals surface area contributed by atoms with Crippen molar-refractivity contribution in [3.05, 3.63) is 34.1 Å². The molecule has 1 aliphatic heterocycles. The molecule has 4 heteroatoms. The van der Waals surface area contributed by atoms with Crippen molar-refractivity contribution in [3.8, 4) is 0 Å². The summed E-state index contributed by atoms with van der Waals surface area (Å²) < 4.78 is 19.8. The predicted molar refractivity (Wildman–Crippen MR) is 69.3 cm³/mol. The number of ether oxygens (including phenoxy) is 1. The van der Waals surface area contributed by atoms with Gasteiger partial charge >= 0.3 is 0 Å². The highest BCUT2D eigenvalue weighted by molar-refractivity contribution is 9.10. The quantitative estimate of drug-likeness (QED) is 0.932. The lowest BCUT2D eigenvalue weighted by molar-refractivity contribution is 0.0672. The monoisotopic (exact) mass is 301 g/mol. The van der Waals surface area contributed by atoms with Gasteiger partial charge in [-0.15, -0.1) is 0 Å². The Labute approximate surface area is 109 Å². The lowest BCUT2D eigenvalue weighted by Crippen LogP contribution is -2.38. The second kappa shape index (κ2) is 5.04. The van der Waals surface area contributed by atoms with Crippen molar-refractivity contribution < 1.29 is 9.13 Å². The van der Waals surface area contributed by atoms with Gasteiger partial charge in [-0.25, -0.2) is 4.39 Å². The molecule has 1 aliphatic rings. The van der Waals surface area contributed by atoms with Crippen molar-refractivity contribution in [2.75, 3.05) is 13.2 Å². The van der Waals surface area contributed by atoms with Crippen molar-refractivity contribution in [2.24, 2.45) is 11.1 Å². The zero-order chi connectivity index (χ0) is 12.5. The third kappa shape index (κ3) is 2.54. The first kappa shape index (κ1) is 13.0. The lowest BCUT2D eigenvalue weighted by atomic mass is 9.76. The Bertz CT molecular complexity index is 412. The highest BCUT2D eigenvalue weighted by Crippen LogP contribution is 2.38. The summed E-state index contributed by atoms with van der Waals surface area (Å²) in [5.74, 6) is -0.207. The molecule has 0 radical (unpaired) electrons. The fraction of sp³-hybridized carbons (Fsp3) is 0.538. The maximum Gasteiger partial charge on any atom is 0.123 e. The van der Waals surface area contributed by atoms with Crippen LogP contribution < -0.4 is 5.73 Å². The Morgan fingerprint density at radius 3 is 2.94 bits per heavy atom. The first-order valence-corrected chi connectivity index (χ1v) is 6.62. The average Bonchev–Trinajstić information content (AvgIpc) is 2.66. The molecule has 0 aliphatic carbocycles. The van der Waals surface area contributed by atoms with Gasteiger partial charge in [0.05, 0.1) is 6.10 Å². The molecule has 0 spiro atoms. The molecule has 0 saturated carbocycles. The zero-order valence-electron chi connectivity index (χ0n) is 9.88. The standard InChI is InChI=1S/C13H17BrFNO/c1-9-13(8-16,4-5-17-9)7-10-6-11(15)2-3-12(10)14/h2-3,6,9H,4-5,7-8,16H2,1H3. The second-order valence-electron chi connectivity index (χ2n) is 4.74. The summed E-state index contributed by atoms with van der Waals surface area (Å²) in [5.41, 5.74) is 6.81. The molecule has 2 N–H and O–H groups in total. The number of nitrogens with two attached hydrogens (primary N) is 1. The number of rotatable bonds is 3. The van der Waals surface area contributed by atoms with E-state index in [-0.39, 0.29) is 17.3 Å². The molecule has 1 heterocycles. The first-order chi connectivity index (χ1) is 8.07. The third-order valence-electron chi connectivity index (χ3n) is 3.79. The SMILES string of the molecule is CC1OCCC1(CN)Cc1cc(F)ccc1Br. The van der Waals surface area contributed by atoms with Crippen LogP contribution in [0, 0.1) is 11.2 Å². The Morgan fingerprint density at radius 1 is 1.59 bits per heavy atom. The lowest BCUT2D eigenvalue weighted by Gasteiger charge is -2.31. The van der Waals surface area contributed by atoms with Gasteiger partial charge in [0.15, 0.2) is 0 Å². The van der Waals surface area contributed by atoms with Crippen LogP contribution in [-0.2, 0) is 11.2 Å². The van der Waals surface area contributed by atoms with Gasteiger partial charge in [-0.05, 0) is 43.5 Å². The fourth-order valence-electron chi connectivity index (χ4n) is 2.45. The van der Waals surface area contributed by atoms with E-state index in [2.05, 4.69) is 15.9 Å². The normalized spacial score (nSPS) is 28.6. The molecule has 2 unspecified atom stereocenters. The molecule has 1 aromatic carbocycles.